The third-order valence-corrected chi connectivity index (χ3v) is 4.71. The molecule has 0 amide bonds. The molecule has 0 unspecified atom stereocenters. The van der Waals surface area contributed by atoms with E-state index in [1.807, 2.05) is 6.08 Å². The van der Waals surface area contributed by atoms with Crippen molar-refractivity contribution in [2.24, 2.45) is 0 Å². The Hall–Kier alpha value is -2.68. The summed E-state index contributed by atoms with van der Waals surface area (Å²) >= 11 is 0. The monoisotopic (exact) mass is 378 g/mol. The Morgan fingerprint density at radius 2 is 1.25 bits per heavy atom. The summed E-state index contributed by atoms with van der Waals surface area (Å²) < 4.78 is 4.68. The quantitative estimate of drug-likeness (QED) is 0.374. The van der Waals surface area contributed by atoms with Crippen molar-refractivity contribution in [1.29, 1.82) is 0 Å². The zero-order valence-corrected chi connectivity index (χ0v) is 17.9. The van der Waals surface area contributed by atoms with Gasteiger partial charge in [-0.15, -0.1) is 0 Å². The van der Waals surface area contributed by atoms with Crippen LogP contribution in [0.2, 0.25) is 0 Å². The molecule has 0 aliphatic rings. The van der Waals surface area contributed by atoms with Crippen molar-refractivity contribution < 1.29 is 14.3 Å². The molecule has 0 aromatic heterocycles. The van der Waals surface area contributed by atoms with Crippen molar-refractivity contribution in [2.75, 3.05) is 7.11 Å². The summed E-state index contributed by atoms with van der Waals surface area (Å²) in [7, 11) is 1.34. The molecule has 3 heteroatoms. The van der Waals surface area contributed by atoms with E-state index in [9.17, 15) is 9.59 Å². The second-order valence-corrected chi connectivity index (χ2v) is 9.11. The van der Waals surface area contributed by atoms with Gasteiger partial charge in [0.25, 0.3) is 0 Å². The van der Waals surface area contributed by atoms with E-state index in [0.717, 1.165) is 5.56 Å². The topological polar surface area (TPSA) is 43.4 Å². The van der Waals surface area contributed by atoms with Crippen molar-refractivity contribution in [3.63, 3.8) is 0 Å². The lowest BCUT2D eigenvalue weighted by Gasteiger charge is -2.25. The third kappa shape index (κ3) is 5.41. The van der Waals surface area contributed by atoms with Gasteiger partial charge in [-0.05, 0) is 45.7 Å². The van der Waals surface area contributed by atoms with Crippen molar-refractivity contribution >= 4 is 17.8 Å². The van der Waals surface area contributed by atoms with E-state index in [1.165, 1.54) is 18.2 Å². The number of carbonyl (C=O) groups is 2. The molecule has 0 bridgehead atoms. The molecule has 0 saturated heterocycles. The van der Waals surface area contributed by atoms with Crippen molar-refractivity contribution in [3.8, 4) is 0 Å². The van der Waals surface area contributed by atoms with Gasteiger partial charge in [-0.25, -0.2) is 4.79 Å². The molecular weight excluding hydrogens is 348 g/mol. The molecule has 0 atom stereocenters. The standard InChI is InChI=1S/C25H30O3/c1-24(2,3)20-14-17(15-21(16-20)25(4,5)6)8-13-22(26)18-9-11-19(12-10-18)23(27)28-7/h8-16H,1-7H3. The van der Waals surface area contributed by atoms with Crippen molar-refractivity contribution in [1.82, 2.24) is 0 Å². The summed E-state index contributed by atoms with van der Waals surface area (Å²) in [5, 5.41) is 0. The van der Waals surface area contributed by atoms with Crippen LogP contribution in [0.3, 0.4) is 0 Å². The number of carbonyl (C=O) groups excluding carboxylic acids is 2. The average Bonchev–Trinajstić information content (AvgIpc) is 2.64. The highest BCUT2D eigenvalue weighted by Gasteiger charge is 2.20. The van der Waals surface area contributed by atoms with E-state index >= 15 is 0 Å². The van der Waals surface area contributed by atoms with Crippen LogP contribution in [0, 0.1) is 0 Å². The van der Waals surface area contributed by atoms with Gasteiger partial charge >= 0.3 is 5.97 Å². The molecule has 2 rings (SSSR count). The molecule has 148 valence electrons. The number of ketones is 1. The van der Waals surface area contributed by atoms with Gasteiger partial charge in [0.15, 0.2) is 5.78 Å². The highest BCUT2D eigenvalue weighted by molar-refractivity contribution is 6.07. The minimum absolute atomic E-state index is 0.0254. The van der Waals surface area contributed by atoms with Crippen LogP contribution >= 0.6 is 0 Å². The van der Waals surface area contributed by atoms with Gasteiger partial charge < -0.3 is 4.74 Å². The van der Waals surface area contributed by atoms with E-state index < -0.39 is 5.97 Å². The molecule has 28 heavy (non-hydrogen) atoms. The number of esters is 1. The van der Waals surface area contributed by atoms with Gasteiger partial charge in [-0.1, -0.05) is 78.0 Å². The van der Waals surface area contributed by atoms with Crippen LogP contribution in [0.5, 0.6) is 0 Å². The molecular formula is C25H30O3. The maximum absolute atomic E-state index is 12.5. The molecule has 0 spiro atoms. The molecule has 0 N–H and O–H groups in total. The van der Waals surface area contributed by atoms with Crippen LogP contribution in [0.25, 0.3) is 6.08 Å². The summed E-state index contributed by atoms with van der Waals surface area (Å²) in [5.41, 5.74) is 4.51. The lowest BCUT2D eigenvalue weighted by atomic mass is 9.79. The first-order chi connectivity index (χ1) is 12.9. The minimum atomic E-state index is -0.414. The molecule has 0 fully saturated rings. The Morgan fingerprint density at radius 3 is 1.68 bits per heavy atom. The van der Waals surface area contributed by atoms with Crippen LogP contribution in [-0.4, -0.2) is 18.9 Å². The fourth-order valence-corrected chi connectivity index (χ4v) is 2.77. The summed E-state index contributed by atoms with van der Waals surface area (Å²) in [4.78, 5) is 24.0. The molecule has 0 radical (unpaired) electrons. The van der Waals surface area contributed by atoms with Gasteiger partial charge in [-0.2, -0.15) is 0 Å². The van der Waals surface area contributed by atoms with Crippen LogP contribution in [0.1, 0.15) is 78.9 Å². The first-order valence-corrected chi connectivity index (χ1v) is 9.48. The lowest BCUT2D eigenvalue weighted by molar-refractivity contribution is 0.0600. The number of ether oxygens (including phenoxy) is 1. The van der Waals surface area contributed by atoms with Gasteiger partial charge in [0.1, 0.15) is 0 Å². The molecule has 0 heterocycles. The van der Waals surface area contributed by atoms with Crippen molar-refractivity contribution in [2.45, 2.75) is 52.4 Å². The molecule has 2 aromatic rings. The van der Waals surface area contributed by atoms with Gasteiger partial charge in [-0.3, -0.25) is 4.79 Å². The van der Waals surface area contributed by atoms with E-state index in [1.54, 1.807) is 30.3 Å². The van der Waals surface area contributed by atoms with Crippen LogP contribution in [0.15, 0.2) is 48.5 Å². The van der Waals surface area contributed by atoms with E-state index in [2.05, 4.69) is 64.5 Å². The fraction of sp³-hybridized carbons (Fsp3) is 0.360. The summed E-state index contributed by atoms with van der Waals surface area (Å²) in [6.45, 7) is 13.1. The van der Waals surface area contributed by atoms with E-state index in [0.29, 0.717) is 11.1 Å². The Labute approximate surface area is 168 Å². The largest absolute Gasteiger partial charge is 0.465 e. The Kier molecular flexibility index (Phi) is 6.28. The number of allylic oxidation sites excluding steroid dienone is 1. The van der Waals surface area contributed by atoms with Gasteiger partial charge in [0.2, 0.25) is 0 Å². The second kappa shape index (κ2) is 8.14. The number of benzene rings is 2. The van der Waals surface area contributed by atoms with Gasteiger partial charge in [0, 0.05) is 5.56 Å². The van der Waals surface area contributed by atoms with Crippen molar-refractivity contribution in [3.05, 3.63) is 76.4 Å². The maximum atomic E-state index is 12.5. The fourth-order valence-electron chi connectivity index (χ4n) is 2.77. The molecule has 2 aromatic carbocycles. The zero-order chi connectivity index (χ0) is 21.1. The highest BCUT2D eigenvalue weighted by atomic mass is 16.5. The second-order valence-electron chi connectivity index (χ2n) is 9.11. The van der Waals surface area contributed by atoms with Crippen LogP contribution < -0.4 is 0 Å². The minimum Gasteiger partial charge on any atom is -0.465 e. The van der Waals surface area contributed by atoms with E-state index in [-0.39, 0.29) is 16.6 Å². The first kappa shape index (κ1) is 21.6. The zero-order valence-electron chi connectivity index (χ0n) is 17.9. The molecule has 0 aliphatic heterocycles. The first-order valence-electron chi connectivity index (χ1n) is 9.48. The summed E-state index contributed by atoms with van der Waals surface area (Å²) in [5.74, 6) is -0.516. The van der Waals surface area contributed by atoms with E-state index in [4.69, 9.17) is 0 Å². The lowest BCUT2D eigenvalue weighted by Crippen LogP contribution is -2.16. The Bertz CT molecular complexity index is 857. The maximum Gasteiger partial charge on any atom is 0.337 e. The Balaban J connectivity index is 2.32. The SMILES string of the molecule is COC(=O)c1ccc(C(=O)C=Cc2cc(C(C)(C)C)cc(C(C)(C)C)c2)cc1. The Morgan fingerprint density at radius 1 is 0.786 bits per heavy atom. The summed E-state index contributed by atoms with van der Waals surface area (Å²) in [6.07, 6.45) is 3.45. The molecule has 3 nitrogen and oxygen atoms in total. The number of hydrogen-bond acceptors (Lipinski definition) is 3. The summed E-state index contributed by atoms with van der Waals surface area (Å²) in [6, 6.07) is 13.0. The normalized spacial score (nSPS) is 12.2. The number of hydrogen-bond donors (Lipinski definition) is 0. The molecule has 0 saturated carbocycles. The average molecular weight is 379 g/mol. The number of methoxy groups -OCH3 is 1. The molecule has 0 aliphatic carbocycles. The number of rotatable bonds is 4. The van der Waals surface area contributed by atoms with Crippen LogP contribution in [-0.2, 0) is 15.6 Å². The third-order valence-electron chi connectivity index (χ3n) is 4.71. The van der Waals surface area contributed by atoms with Gasteiger partial charge in [0.05, 0.1) is 12.7 Å². The predicted octanol–water partition coefficient (Wildman–Crippen LogP) is 5.96. The smallest absolute Gasteiger partial charge is 0.337 e. The highest BCUT2D eigenvalue weighted by Crippen LogP contribution is 2.30. The predicted molar refractivity (Wildman–Crippen MR) is 115 cm³/mol. The van der Waals surface area contributed by atoms with Crippen LogP contribution in [0.4, 0.5) is 0 Å².